The monoisotopic (exact) mass is 197 g/mol. The lowest BCUT2D eigenvalue weighted by molar-refractivity contribution is -0.118. The molecule has 5 nitrogen and oxygen atoms in total. The standard InChI is InChI=1S/C9H11NO4/c1-13-9-7-5(4-14-9)2-10-6(3-11)8(7)12/h2,9,11-12H,3-4H2,1H3. The van der Waals surface area contributed by atoms with E-state index in [4.69, 9.17) is 14.6 Å². The first-order valence-corrected chi connectivity index (χ1v) is 4.22. The molecule has 0 aromatic carbocycles. The zero-order valence-corrected chi connectivity index (χ0v) is 7.73. The highest BCUT2D eigenvalue weighted by molar-refractivity contribution is 5.43. The van der Waals surface area contributed by atoms with Crippen molar-refractivity contribution in [3.63, 3.8) is 0 Å². The zero-order chi connectivity index (χ0) is 10.1. The Balaban J connectivity index is 2.50. The third kappa shape index (κ3) is 1.26. The fraction of sp³-hybridized carbons (Fsp3) is 0.444. The molecular weight excluding hydrogens is 186 g/mol. The van der Waals surface area contributed by atoms with Crippen LogP contribution in [0.3, 0.4) is 0 Å². The summed E-state index contributed by atoms with van der Waals surface area (Å²) in [4.78, 5) is 3.90. The van der Waals surface area contributed by atoms with Crippen molar-refractivity contribution < 1.29 is 19.7 Å². The molecular formula is C9H11NO4. The molecule has 1 aromatic heterocycles. The van der Waals surface area contributed by atoms with Crippen molar-refractivity contribution in [1.82, 2.24) is 4.98 Å². The predicted molar refractivity (Wildman–Crippen MR) is 46.4 cm³/mol. The summed E-state index contributed by atoms with van der Waals surface area (Å²) < 4.78 is 10.3. The van der Waals surface area contributed by atoms with Gasteiger partial charge in [-0.15, -0.1) is 0 Å². The van der Waals surface area contributed by atoms with Crippen LogP contribution in [0.5, 0.6) is 5.75 Å². The van der Waals surface area contributed by atoms with Crippen molar-refractivity contribution in [2.75, 3.05) is 7.11 Å². The molecule has 2 N–H and O–H groups in total. The molecule has 2 heterocycles. The maximum Gasteiger partial charge on any atom is 0.187 e. The number of pyridine rings is 1. The van der Waals surface area contributed by atoms with Crippen LogP contribution in [0.25, 0.3) is 0 Å². The number of aromatic nitrogens is 1. The summed E-state index contributed by atoms with van der Waals surface area (Å²) in [6.45, 7) is 0.0790. The number of aliphatic hydroxyl groups is 1. The minimum Gasteiger partial charge on any atom is -0.505 e. The van der Waals surface area contributed by atoms with Crippen molar-refractivity contribution in [3.8, 4) is 5.75 Å². The normalized spacial score (nSPS) is 19.7. The second kappa shape index (κ2) is 3.53. The number of aromatic hydroxyl groups is 1. The molecule has 0 bridgehead atoms. The van der Waals surface area contributed by atoms with Gasteiger partial charge in [-0.2, -0.15) is 0 Å². The molecule has 0 saturated heterocycles. The second-order valence-electron chi connectivity index (χ2n) is 3.03. The van der Waals surface area contributed by atoms with Crippen LogP contribution in [-0.4, -0.2) is 22.3 Å². The first-order valence-electron chi connectivity index (χ1n) is 4.22. The Labute approximate surface area is 80.9 Å². The fourth-order valence-electron chi connectivity index (χ4n) is 1.52. The largest absolute Gasteiger partial charge is 0.505 e. The van der Waals surface area contributed by atoms with Crippen molar-refractivity contribution in [1.29, 1.82) is 0 Å². The average Bonchev–Trinajstić information content (AvgIpc) is 2.62. The molecule has 0 amide bonds. The highest BCUT2D eigenvalue weighted by atomic mass is 16.7. The molecule has 1 aliphatic rings. The van der Waals surface area contributed by atoms with E-state index in [2.05, 4.69) is 4.98 Å². The highest BCUT2D eigenvalue weighted by Crippen LogP contribution is 2.38. The smallest absolute Gasteiger partial charge is 0.187 e. The molecule has 0 aliphatic carbocycles. The van der Waals surface area contributed by atoms with E-state index in [1.165, 1.54) is 7.11 Å². The Hall–Kier alpha value is -1.17. The Morgan fingerprint density at radius 2 is 2.50 bits per heavy atom. The number of ether oxygens (including phenoxy) is 2. The van der Waals surface area contributed by atoms with E-state index in [0.29, 0.717) is 12.2 Å². The Bertz CT molecular complexity index is 353. The number of nitrogens with zero attached hydrogens (tertiary/aromatic N) is 1. The molecule has 1 aliphatic heterocycles. The van der Waals surface area contributed by atoms with Crippen LogP contribution in [0.1, 0.15) is 23.1 Å². The van der Waals surface area contributed by atoms with Crippen molar-refractivity contribution >= 4 is 0 Å². The average molecular weight is 197 g/mol. The van der Waals surface area contributed by atoms with Gasteiger partial charge in [0.15, 0.2) is 6.29 Å². The highest BCUT2D eigenvalue weighted by Gasteiger charge is 2.28. The number of hydrogen-bond acceptors (Lipinski definition) is 5. The van der Waals surface area contributed by atoms with Gasteiger partial charge in [0.1, 0.15) is 11.4 Å². The Morgan fingerprint density at radius 1 is 1.71 bits per heavy atom. The fourth-order valence-corrected chi connectivity index (χ4v) is 1.52. The summed E-state index contributed by atoms with van der Waals surface area (Å²) in [6.07, 6.45) is 1.03. The van der Waals surface area contributed by atoms with Gasteiger partial charge in [-0.05, 0) is 0 Å². The number of methoxy groups -OCH3 is 1. The van der Waals surface area contributed by atoms with Gasteiger partial charge in [-0.3, -0.25) is 4.98 Å². The van der Waals surface area contributed by atoms with Crippen LogP contribution < -0.4 is 0 Å². The number of fused-ring (bicyclic) bond motifs is 1. The summed E-state index contributed by atoms with van der Waals surface area (Å²) in [6, 6.07) is 0. The first-order chi connectivity index (χ1) is 6.77. The quantitative estimate of drug-likeness (QED) is 0.720. The molecule has 14 heavy (non-hydrogen) atoms. The van der Waals surface area contributed by atoms with Crippen molar-refractivity contribution in [3.05, 3.63) is 23.0 Å². The molecule has 5 heteroatoms. The zero-order valence-electron chi connectivity index (χ0n) is 7.73. The first kappa shape index (κ1) is 9.39. The van der Waals surface area contributed by atoms with Gasteiger partial charge >= 0.3 is 0 Å². The molecule has 2 rings (SSSR count). The third-order valence-electron chi connectivity index (χ3n) is 2.24. The molecule has 0 radical (unpaired) electrons. The Kier molecular flexibility index (Phi) is 2.37. The molecule has 0 spiro atoms. The van der Waals surface area contributed by atoms with Gasteiger partial charge in [0.2, 0.25) is 0 Å². The van der Waals surface area contributed by atoms with Gasteiger partial charge in [0.05, 0.1) is 18.8 Å². The topological polar surface area (TPSA) is 71.8 Å². The van der Waals surface area contributed by atoms with E-state index in [9.17, 15) is 5.11 Å². The maximum atomic E-state index is 9.73. The van der Waals surface area contributed by atoms with Gasteiger partial charge in [-0.1, -0.05) is 0 Å². The van der Waals surface area contributed by atoms with Crippen LogP contribution >= 0.6 is 0 Å². The van der Waals surface area contributed by atoms with E-state index in [1.807, 2.05) is 0 Å². The maximum absolute atomic E-state index is 9.73. The SMILES string of the molecule is COC1OCc2cnc(CO)c(O)c21. The van der Waals surface area contributed by atoms with E-state index in [1.54, 1.807) is 6.20 Å². The van der Waals surface area contributed by atoms with Crippen molar-refractivity contribution in [2.24, 2.45) is 0 Å². The van der Waals surface area contributed by atoms with Gasteiger partial charge in [0.25, 0.3) is 0 Å². The summed E-state index contributed by atoms with van der Waals surface area (Å²) >= 11 is 0. The number of rotatable bonds is 2. The molecule has 0 saturated carbocycles. The summed E-state index contributed by atoms with van der Waals surface area (Å²) in [7, 11) is 1.50. The lowest BCUT2D eigenvalue weighted by Crippen LogP contribution is -2.01. The van der Waals surface area contributed by atoms with Crippen LogP contribution in [0.2, 0.25) is 0 Å². The molecule has 0 fully saturated rings. The Morgan fingerprint density at radius 3 is 3.14 bits per heavy atom. The van der Waals surface area contributed by atoms with Crippen molar-refractivity contribution in [2.45, 2.75) is 19.5 Å². The van der Waals surface area contributed by atoms with E-state index < -0.39 is 6.29 Å². The van der Waals surface area contributed by atoms with Crippen LogP contribution in [0.4, 0.5) is 0 Å². The van der Waals surface area contributed by atoms with Crippen LogP contribution in [0, 0.1) is 0 Å². The van der Waals surface area contributed by atoms with E-state index >= 15 is 0 Å². The second-order valence-corrected chi connectivity index (χ2v) is 3.03. The molecule has 1 atom stereocenters. The summed E-state index contributed by atoms with van der Waals surface area (Å²) in [5.41, 5.74) is 1.62. The van der Waals surface area contributed by atoms with Gasteiger partial charge in [0, 0.05) is 18.9 Å². The van der Waals surface area contributed by atoms with E-state index in [-0.39, 0.29) is 18.1 Å². The lowest BCUT2D eigenvalue weighted by Gasteiger charge is -2.11. The molecule has 1 aromatic rings. The minimum atomic E-state index is -0.557. The lowest BCUT2D eigenvalue weighted by atomic mass is 10.1. The number of hydrogen-bond donors (Lipinski definition) is 2. The summed E-state index contributed by atoms with van der Waals surface area (Å²) in [5.74, 6) is -0.0330. The van der Waals surface area contributed by atoms with Gasteiger partial charge < -0.3 is 19.7 Å². The van der Waals surface area contributed by atoms with Crippen LogP contribution in [-0.2, 0) is 22.7 Å². The number of aliphatic hydroxyl groups excluding tert-OH is 1. The molecule has 1 unspecified atom stereocenters. The predicted octanol–water partition coefficient (Wildman–Crippen LogP) is 0.455. The van der Waals surface area contributed by atoms with Gasteiger partial charge in [-0.25, -0.2) is 0 Å². The van der Waals surface area contributed by atoms with Crippen LogP contribution in [0.15, 0.2) is 6.20 Å². The molecule has 76 valence electrons. The summed E-state index contributed by atoms with van der Waals surface area (Å²) in [5, 5.41) is 18.6. The third-order valence-corrected chi connectivity index (χ3v) is 2.24. The van der Waals surface area contributed by atoms with E-state index in [0.717, 1.165) is 5.56 Å². The minimum absolute atomic E-state index is 0.0330.